The number of carbonyl (C=O) groups excluding carboxylic acids is 2. The zero-order valence-corrected chi connectivity index (χ0v) is 14.8. The summed E-state index contributed by atoms with van der Waals surface area (Å²) in [5.74, 6) is -0.624. The molecule has 0 aliphatic heterocycles. The van der Waals surface area contributed by atoms with Crippen LogP contribution in [0.2, 0.25) is 0 Å². The maximum Gasteiger partial charge on any atom is 0.412 e. The minimum absolute atomic E-state index is 0.519. The van der Waals surface area contributed by atoms with Crippen LogP contribution in [-0.4, -0.2) is 36.0 Å². The van der Waals surface area contributed by atoms with Gasteiger partial charge in [-0.2, -0.15) is 0 Å². The smallest absolute Gasteiger partial charge is 0.412 e. The van der Waals surface area contributed by atoms with Crippen LogP contribution < -0.4 is 5.32 Å². The van der Waals surface area contributed by atoms with E-state index in [-0.39, 0.29) is 0 Å². The number of aliphatic hydroxyl groups is 1. The first kappa shape index (κ1) is 18.3. The number of aryl methyl sites for hydroxylation is 1. The van der Waals surface area contributed by atoms with Gasteiger partial charge < -0.3 is 14.6 Å². The van der Waals surface area contributed by atoms with Crippen molar-refractivity contribution in [3.05, 3.63) is 29.3 Å². The van der Waals surface area contributed by atoms with Crippen molar-refractivity contribution in [2.75, 3.05) is 12.4 Å². The molecule has 1 aliphatic carbocycles. The highest BCUT2D eigenvalue weighted by molar-refractivity contribution is 5.86. The number of carbonyl (C=O) groups is 2. The fourth-order valence-electron chi connectivity index (χ4n) is 2.72. The number of hydrogen-bond donors (Lipinski definition) is 2. The van der Waals surface area contributed by atoms with E-state index in [0.717, 1.165) is 24.0 Å². The Morgan fingerprint density at radius 2 is 1.92 bits per heavy atom. The van der Waals surface area contributed by atoms with Crippen molar-refractivity contribution in [3.8, 4) is 0 Å². The summed E-state index contributed by atoms with van der Waals surface area (Å²) in [6.45, 7) is 7.26. The van der Waals surface area contributed by atoms with Crippen LogP contribution in [0, 0.1) is 6.92 Å². The fourth-order valence-corrected chi connectivity index (χ4v) is 2.72. The van der Waals surface area contributed by atoms with Gasteiger partial charge in [0.1, 0.15) is 5.60 Å². The number of ether oxygens (including phenoxy) is 2. The molecular weight excluding hydrogens is 310 g/mol. The highest BCUT2D eigenvalue weighted by atomic mass is 16.6. The van der Waals surface area contributed by atoms with E-state index in [1.165, 1.54) is 7.11 Å². The summed E-state index contributed by atoms with van der Waals surface area (Å²) in [6, 6.07) is 5.46. The van der Waals surface area contributed by atoms with Crippen molar-refractivity contribution in [1.82, 2.24) is 0 Å². The van der Waals surface area contributed by atoms with E-state index in [1.807, 2.05) is 19.1 Å². The number of esters is 1. The van der Waals surface area contributed by atoms with Crippen LogP contribution in [-0.2, 0) is 19.7 Å². The SMILES string of the molecule is COC(=O)C(O)C1(c2ccc(NC(=O)OC(C)(C)C)c(C)c2)CC1. The topological polar surface area (TPSA) is 84.9 Å². The van der Waals surface area contributed by atoms with Gasteiger partial charge in [-0.25, -0.2) is 9.59 Å². The molecule has 0 spiro atoms. The molecule has 1 amide bonds. The summed E-state index contributed by atoms with van der Waals surface area (Å²) in [6.07, 6.45) is -0.246. The van der Waals surface area contributed by atoms with E-state index < -0.39 is 29.2 Å². The van der Waals surface area contributed by atoms with Gasteiger partial charge >= 0.3 is 12.1 Å². The molecular formula is C18H25NO5. The molecule has 2 rings (SSSR count). The number of hydrogen-bond acceptors (Lipinski definition) is 5. The molecule has 1 aliphatic rings. The number of aliphatic hydroxyl groups excluding tert-OH is 1. The Morgan fingerprint density at radius 3 is 2.38 bits per heavy atom. The third-order valence-corrected chi connectivity index (χ3v) is 4.17. The lowest BCUT2D eigenvalue weighted by Crippen LogP contribution is -2.35. The van der Waals surface area contributed by atoms with Gasteiger partial charge in [0.15, 0.2) is 6.10 Å². The number of rotatable bonds is 4. The lowest BCUT2D eigenvalue weighted by Gasteiger charge is -2.23. The third-order valence-electron chi connectivity index (χ3n) is 4.17. The van der Waals surface area contributed by atoms with Crippen molar-refractivity contribution in [3.63, 3.8) is 0 Å². The fraction of sp³-hybridized carbons (Fsp3) is 0.556. The van der Waals surface area contributed by atoms with Crippen LogP contribution in [0.4, 0.5) is 10.5 Å². The van der Waals surface area contributed by atoms with Crippen LogP contribution >= 0.6 is 0 Å². The molecule has 0 heterocycles. The monoisotopic (exact) mass is 335 g/mol. The zero-order valence-electron chi connectivity index (χ0n) is 14.8. The van der Waals surface area contributed by atoms with Gasteiger partial charge in [-0.15, -0.1) is 0 Å². The average Bonchev–Trinajstić information content (AvgIpc) is 3.27. The van der Waals surface area contributed by atoms with Crippen LogP contribution in [0.5, 0.6) is 0 Å². The Bertz CT molecular complexity index is 643. The maximum absolute atomic E-state index is 11.9. The van der Waals surface area contributed by atoms with Gasteiger partial charge in [-0.1, -0.05) is 12.1 Å². The molecule has 1 saturated carbocycles. The van der Waals surface area contributed by atoms with Crippen LogP contribution in [0.1, 0.15) is 44.7 Å². The molecule has 1 fully saturated rings. The summed E-state index contributed by atoms with van der Waals surface area (Å²) in [5.41, 5.74) is 1.19. The first-order valence-corrected chi connectivity index (χ1v) is 7.96. The molecule has 1 aromatic carbocycles. The number of nitrogens with one attached hydrogen (secondary N) is 1. The minimum Gasteiger partial charge on any atom is -0.467 e. The van der Waals surface area contributed by atoms with E-state index in [2.05, 4.69) is 10.1 Å². The lowest BCUT2D eigenvalue weighted by molar-refractivity contribution is -0.152. The standard InChI is InChI=1S/C18H25NO5/c1-11-10-12(18(8-9-18)14(20)15(21)23-5)6-7-13(11)19-16(22)24-17(2,3)4/h6-7,10,14,20H,8-9H2,1-5H3,(H,19,22). The Balaban J connectivity index is 2.16. The van der Waals surface area contributed by atoms with Gasteiger partial charge in [0.25, 0.3) is 0 Å². The second-order valence-electron chi connectivity index (χ2n) is 7.24. The van der Waals surface area contributed by atoms with E-state index >= 15 is 0 Å². The van der Waals surface area contributed by atoms with Gasteiger partial charge in [-0.3, -0.25) is 5.32 Å². The van der Waals surface area contributed by atoms with Crippen molar-refractivity contribution in [2.24, 2.45) is 0 Å². The van der Waals surface area contributed by atoms with Crippen molar-refractivity contribution in [1.29, 1.82) is 0 Å². The second kappa shape index (κ2) is 6.43. The molecule has 6 nitrogen and oxygen atoms in total. The normalized spacial score (nSPS) is 16.9. The largest absolute Gasteiger partial charge is 0.467 e. The molecule has 1 atom stereocenters. The van der Waals surface area contributed by atoms with Crippen molar-refractivity contribution in [2.45, 2.75) is 57.7 Å². The summed E-state index contributed by atoms with van der Waals surface area (Å²) < 4.78 is 9.89. The maximum atomic E-state index is 11.9. The first-order valence-electron chi connectivity index (χ1n) is 7.96. The molecule has 0 saturated heterocycles. The van der Waals surface area contributed by atoms with E-state index in [9.17, 15) is 14.7 Å². The van der Waals surface area contributed by atoms with Gasteiger partial charge in [-0.05, 0) is 57.7 Å². The molecule has 132 valence electrons. The molecule has 0 radical (unpaired) electrons. The van der Waals surface area contributed by atoms with Crippen molar-refractivity contribution >= 4 is 17.7 Å². The second-order valence-corrected chi connectivity index (χ2v) is 7.24. The highest BCUT2D eigenvalue weighted by Crippen LogP contribution is 2.51. The van der Waals surface area contributed by atoms with Gasteiger partial charge in [0.2, 0.25) is 0 Å². The summed E-state index contributed by atoms with van der Waals surface area (Å²) in [7, 11) is 1.26. The molecule has 0 aromatic heterocycles. The van der Waals surface area contributed by atoms with Crippen LogP contribution in [0.15, 0.2) is 18.2 Å². The minimum atomic E-state index is -1.17. The molecule has 2 N–H and O–H groups in total. The molecule has 24 heavy (non-hydrogen) atoms. The van der Waals surface area contributed by atoms with E-state index in [4.69, 9.17) is 4.74 Å². The molecule has 0 bridgehead atoms. The van der Waals surface area contributed by atoms with Gasteiger partial charge in [0, 0.05) is 11.1 Å². The number of benzene rings is 1. The lowest BCUT2D eigenvalue weighted by atomic mass is 9.88. The van der Waals surface area contributed by atoms with Crippen LogP contribution in [0.3, 0.4) is 0 Å². The molecule has 1 unspecified atom stereocenters. The summed E-state index contributed by atoms with van der Waals surface area (Å²) >= 11 is 0. The Kier molecular flexibility index (Phi) is 4.90. The van der Waals surface area contributed by atoms with Crippen LogP contribution in [0.25, 0.3) is 0 Å². The quantitative estimate of drug-likeness (QED) is 0.827. The predicted octanol–water partition coefficient (Wildman–Crippen LogP) is 2.91. The summed E-state index contributed by atoms with van der Waals surface area (Å²) in [5, 5.41) is 12.9. The number of methoxy groups -OCH3 is 1. The highest BCUT2D eigenvalue weighted by Gasteiger charge is 2.53. The van der Waals surface area contributed by atoms with Gasteiger partial charge in [0.05, 0.1) is 7.11 Å². The number of amides is 1. The number of anilines is 1. The van der Waals surface area contributed by atoms with E-state index in [0.29, 0.717) is 5.69 Å². The molecule has 6 heteroatoms. The Morgan fingerprint density at radius 1 is 1.29 bits per heavy atom. The first-order chi connectivity index (χ1) is 11.1. The van der Waals surface area contributed by atoms with Crippen molar-refractivity contribution < 1.29 is 24.2 Å². The third kappa shape index (κ3) is 3.87. The molecule has 1 aromatic rings. The average molecular weight is 335 g/mol. The zero-order chi connectivity index (χ0) is 18.1. The Labute approximate surface area is 142 Å². The Hall–Kier alpha value is -2.08. The summed E-state index contributed by atoms with van der Waals surface area (Å²) in [4.78, 5) is 23.5. The predicted molar refractivity (Wildman–Crippen MR) is 90.0 cm³/mol. The van der Waals surface area contributed by atoms with E-state index in [1.54, 1.807) is 26.8 Å².